The molecule has 0 spiro atoms. The quantitative estimate of drug-likeness (QED) is 0.841. The fourth-order valence-electron chi connectivity index (χ4n) is 1.35. The van der Waals surface area contributed by atoms with Crippen molar-refractivity contribution in [3.63, 3.8) is 0 Å². The van der Waals surface area contributed by atoms with Gasteiger partial charge in [0.1, 0.15) is 18.2 Å². The van der Waals surface area contributed by atoms with Crippen LogP contribution in [0, 0.1) is 0 Å². The number of halogens is 3. The molecule has 94 valence electrons. The summed E-state index contributed by atoms with van der Waals surface area (Å²) < 4.78 is 6.28. The van der Waals surface area contributed by atoms with Crippen LogP contribution in [0.15, 0.2) is 34.8 Å². The van der Waals surface area contributed by atoms with Gasteiger partial charge >= 0.3 is 0 Å². The second kappa shape index (κ2) is 5.78. The van der Waals surface area contributed by atoms with Crippen LogP contribution in [0.3, 0.4) is 0 Å². The lowest BCUT2D eigenvalue weighted by Crippen LogP contribution is -2.00. The van der Waals surface area contributed by atoms with Gasteiger partial charge in [0.05, 0.1) is 15.7 Å². The lowest BCUT2D eigenvalue weighted by Gasteiger charge is -2.09. The summed E-state index contributed by atoms with van der Waals surface area (Å²) in [4.78, 5) is 4.13. The van der Waals surface area contributed by atoms with Crippen LogP contribution in [-0.4, -0.2) is 4.98 Å². The molecule has 0 aliphatic carbocycles. The van der Waals surface area contributed by atoms with Gasteiger partial charge in [0.15, 0.2) is 0 Å². The van der Waals surface area contributed by atoms with E-state index in [-0.39, 0.29) is 6.61 Å². The minimum absolute atomic E-state index is 0.280. The van der Waals surface area contributed by atoms with Gasteiger partial charge in [0.25, 0.3) is 0 Å². The van der Waals surface area contributed by atoms with Gasteiger partial charge < -0.3 is 10.5 Å². The number of nitrogens with two attached hydrogens (primary N) is 1. The number of rotatable bonds is 3. The molecule has 2 N–H and O–H groups in total. The van der Waals surface area contributed by atoms with Gasteiger partial charge in [-0.25, -0.2) is 4.98 Å². The van der Waals surface area contributed by atoms with Gasteiger partial charge in [-0.1, -0.05) is 29.3 Å². The highest BCUT2D eigenvalue weighted by molar-refractivity contribution is 9.10. The summed E-state index contributed by atoms with van der Waals surface area (Å²) in [5.41, 5.74) is 6.31. The summed E-state index contributed by atoms with van der Waals surface area (Å²) in [6.45, 7) is 0.280. The third-order valence-electron chi connectivity index (χ3n) is 2.18. The average molecular weight is 348 g/mol. The Kier molecular flexibility index (Phi) is 4.32. The second-order valence-electron chi connectivity index (χ2n) is 3.54. The molecule has 0 atom stereocenters. The molecule has 0 saturated heterocycles. The first kappa shape index (κ1) is 13.5. The number of hydrogen-bond acceptors (Lipinski definition) is 3. The lowest BCUT2D eigenvalue weighted by atomic mass is 10.3. The van der Waals surface area contributed by atoms with Crippen LogP contribution in [0.4, 0.5) is 5.82 Å². The van der Waals surface area contributed by atoms with E-state index in [9.17, 15) is 0 Å². The lowest BCUT2D eigenvalue weighted by molar-refractivity contribution is 0.301. The number of nitrogens with zero attached hydrogens (tertiary/aromatic N) is 1. The number of benzene rings is 1. The molecule has 0 unspecified atom stereocenters. The SMILES string of the molecule is Nc1cccc(COc2cc(Cl)c(Br)cc2Cl)n1. The van der Waals surface area contributed by atoms with Crippen molar-refractivity contribution in [2.45, 2.75) is 6.61 Å². The Labute approximate surface area is 123 Å². The molecule has 1 aromatic heterocycles. The van der Waals surface area contributed by atoms with Crippen molar-refractivity contribution in [3.8, 4) is 5.75 Å². The van der Waals surface area contributed by atoms with Crippen molar-refractivity contribution < 1.29 is 4.74 Å². The Morgan fingerprint density at radius 3 is 2.72 bits per heavy atom. The molecular formula is C12H9BrCl2N2O. The van der Waals surface area contributed by atoms with Crippen molar-refractivity contribution in [1.82, 2.24) is 4.98 Å². The monoisotopic (exact) mass is 346 g/mol. The minimum Gasteiger partial charge on any atom is -0.486 e. The molecule has 2 aromatic rings. The van der Waals surface area contributed by atoms with Crippen molar-refractivity contribution in [2.75, 3.05) is 5.73 Å². The zero-order chi connectivity index (χ0) is 13.1. The predicted octanol–water partition coefficient (Wildman–Crippen LogP) is 4.31. The number of hydrogen-bond donors (Lipinski definition) is 1. The molecule has 6 heteroatoms. The van der Waals surface area contributed by atoms with Crippen LogP contribution in [0.5, 0.6) is 5.75 Å². The van der Waals surface area contributed by atoms with Crippen LogP contribution in [0.2, 0.25) is 10.0 Å². The molecule has 0 aliphatic rings. The fourth-order valence-corrected chi connectivity index (χ4v) is 2.19. The van der Waals surface area contributed by atoms with Gasteiger partial charge in [-0.05, 0) is 34.1 Å². The molecule has 18 heavy (non-hydrogen) atoms. The van der Waals surface area contributed by atoms with Crippen LogP contribution in [0.1, 0.15) is 5.69 Å². The predicted molar refractivity (Wildman–Crippen MR) is 77.1 cm³/mol. The van der Waals surface area contributed by atoms with Gasteiger partial charge in [-0.15, -0.1) is 0 Å². The third-order valence-corrected chi connectivity index (χ3v) is 3.67. The van der Waals surface area contributed by atoms with Crippen molar-refractivity contribution in [3.05, 3.63) is 50.5 Å². The normalized spacial score (nSPS) is 10.4. The van der Waals surface area contributed by atoms with E-state index in [1.54, 1.807) is 18.2 Å². The number of pyridine rings is 1. The first-order valence-electron chi connectivity index (χ1n) is 5.05. The molecule has 0 fully saturated rings. The number of nitrogen functional groups attached to an aromatic ring is 1. The largest absolute Gasteiger partial charge is 0.486 e. The first-order valence-corrected chi connectivity index (χ1v) is 6.60. The van der Waals surface area contributed by atoms with Crippen molar-refractivity contribution in [1.29, 1.82) is 0 Å². The van der Waals surface area contributed by atoms with Gasteiger partial charge in [0.2, 0.25) is 0 Å². The van der Waals surface area contributed by atoms with Crippen LogP contribution in [0.25, 0.3) is 0 Å². The van der Waals surface area contributed by atoms with E-state index >= 15 is 0 Å². The molecule has 1 aromatic carbocycles. The van der Waals surface area contributed by atoms with E-state index in [1.165, 1.54) is 0 Å². The van der Waals surface area contributed by atoms with E-state index in [0.29, 0.717) is 21.6 Å². The van der Waals surface area contributed by atoms with Crippen LogP contribution in [-0.2, 0) is 6.61 Å². The average Bonchev–Trinajstić information content (AvgIpc) is 2.32. The summed E-state index contributed by atoms with van der Waals surface area (Å²) in [6, 6.07) is 8.70. The van der Waals surface area contributed by atoms with E-state index in [1.807, 2.05) is 12.1 Å². The van der Waals surface area contributed by atoms with E-state index in [0.717, 1.165) is 10.2 Å². The highest BCUT2D eigenvalue weighted by atomic mass is 79.9. The summed E-state index contributed by atoms with van der Waals surface area (Å²) in [6.07, 6.45) is 0. The van der Waals surface area contributed by atoms with Crippen LogP contribution < -0.4 is 10.5 Å². The highest BCUT2D eigenvalue weighted by Crippen LogP contribution is 2.34. The zero-order valence-corrected chi connectivity index (χ0v) is 12.3. The summed E-state index contributed by atoms with van der Waals surface area (Å²) in [7, 11) is 0. The molecule has 0 radical (unpaired) electrons. The molecule has 2 rings (SSSR count). The topological polar surface area (TPSA) is 48.1 Å². The maximum atomic E-state index is 6.04. The number of aromatic nitrogens is 1. The third kappa shape index (κ3) is 3.28. The van der Waals surface area contributed by atoms with Gasteiger partial charge in [-0.3, -0.25) is 0 Å². The molecule has 0 amide bonds. The molecule has 0 bridgehead atoms. The van der Waals surface area contributed by atoms with E-state index in [4.69, 9.17) is 33.7 Å². The van der Waals surface area contributed by atoms with Gasteiger partial charge in [-0.2, -0.15) is 0 Å². The second-order valence-corrected chi connectivity index (χ2v) is 5.21. The smallest absolute Gasteiger partial charge is 0.140 e. The van der Waals surface area contributed by atoms with Crippen LogP contribution >= 0.6 is 39.1 Å². The Morgan fingerprint density at radius 2 is 2.00 bits per heavy atom. The Bertz CT molecular complexity index is 578. The fraction of sp³-hybridized carbons (Fsp3) is 0.0833. The Balaban J connectivity index is 2.13. The maximum absolute atomic E-state index is 6.04. The summed E-state index contributed by atoms with van der Waals surface area (Å²) in [5.74, 6) is 0.963. The zero-order valence-electron chi connectivity index (χ0n) is 9.16. The Hall–Kier alpha value is -0.970. The van der Waals surface area contributed by atoms with Gasteiger partial charge in [0, 0.05) is 10.5 Å². The standard InChI is InChI=1S/C12H9BrCl2N2O/c13-8-4-10(15)11(5-9(8)14)18-6-7-2-1-3-12(16)17-7/h1-5H,6H2,(H2,16,17). The maximum Gasteiger partial charge on any atom is 0.140 e. The molecule has 0 aliphatic heterocycles. The molecule has 0 saturated carbocycles. The molecular weight excluding hydrogens is 339 g/mol. The number of ether oxygens (including phenoxy) is 1. The van der Waals surface area contributed by atoms with E-state index < -0.39 is 0 Å². The minimum atomic E-state index is 0.280. The summed E-state index contributed by atoms with van der Waals surface area (Å²) in [5, 5.41) is 1.02. The first-order chi connectivity index (χ1) is 8.56. The molecule has 3 nitrogen and oxygen atoms in total. The van der Waals surface area contributed by atoms with Crippen molar-refractivity contribution in [2.24, 2.45) is 0 Å². The Morgan fingerprint density at radius 1 is 1.22 bits per heavy atom. The summed E-state index contributed by atoms with van der Waals surface area (Å²) >= 11 is 15.3. The molecule has 1 heterocycles. The van der Waals surface area contributed by atoms with E-state index in [2.05, 4.69) is 20.9 Å². The van der Waals surface area contributed by atoms with Crippen molar-refractivity contribution >= 4 is 44.9 Å². The highest BCUT2D eigenvalue weighted by Gasteiger charge is 2.07. The number of anilines is 1.